The van der Waals surface area contributed by atoms with E-state index in [2.05, 4.69) is 18.7 Å². The van der Waals surface area contributed by atoms with Crippen molar-refractivity contribution in [3.63, 3.8) is 0 Å². The number of rotatable bonds is 3. The molecule has 2 heteroatoms. The number of likely N-dealkylation sites (tertiary alicyclic amines) is 1. The first-order valence-electron chi connectivity index (χ1n) is 5.79. The minimum Gasteiger partial charge on any atom is -0.389 e. The third kappa shape index (κ3) is 3.58. The van der Waals surface area contributed by atoms with Gasteiger partial charge in [0.25, 0.3) is 0 Å². The normalized spacial score (nSPS) is 27.2. The third-order valence-corrected chi connectivity index (χ3v) is 3.54. The van der Waals surface area contributed by atoms with Gasteiger partial charge in [0.2, 0.25) is 0 Å². The number of nitrogens with zero attached hydrogens (tertiary/aromatic N) is 1. The Morgan fingerprint density at radius 2 is 1.79 bits per heavy atom. The first-order valence-corrected chi connectivity index (χ1v) is 5.79. The van der Waals surface area contributed by atoms with Crippen molar-refractivity contribution in [2.24, 2.45) is 5.41 Å². The first kappa shape index (κ1) is 12.0. The average Bonchev–Trinajstić information content (AvgIpc) is 2.09. The highest BCUT2D eigenvalue weighted by Gasteiger charge is 2.29. The van der Waals surface area contributed by atoms with Gasteiger partial charge in [-0.1, -0.05) is 20.8 Å². The number of hydrogen-bond acceptors (Lipinski definition) is 2. The van der Waals surface area contributed by atoms with Crippen molar-refractivity contribution < 1.29 is 5.11 Å². The average molecular weight is 199 g/mol. The summed E-state index contributed by atoms with van der Waals surface area (Å²) in [5.41, 5.74) is 0.00997. The predicted octanol–water partition coefficient (Wildman–Crippen LogP) is 2.27. The van der Waals surface area contributed by atoms with Crippen LogP contribution < -0.4 is 0 Å². The van der Waals surface area contributed by atoms with Gasteiger partial charge in [-0.15, -0.1) is 0 Å². The monoisotopic (exact) mass is 199 g/mol. The van der Waals surface area contributed by atoms with E-state index in [1.807, 2.05) is 13.8 Å². The fraction of sp³-hybridized carbons (Fsp3) is 1.00. The molecule has 0 bridgehead atoms. The fourth-order valence-electron chi connectivity index (χ4n) is 1.91. The van der Waals surface area contributed by atoms with Crippen molar-refractivity contribution in [3.8, 4) is 0 Å². The Hall–Kier alpha value is -0.0800. The fourth-order valence-corrected chi connectivity index (χ4v) is 1.91. The van der Waals surface area contributed by atoms with E-state index >= 15 is 0 Å². The maximum atomic E-state index is 9.96. The molecule has 0 aromatic heterocycles. The van der Waals surface area contributed by atoms with E-state index in [1.165, 1.54) is 12.8 Å². The molecule has 0 aliphatic carbocycles. The van der Waals surface area contributed by atoms with Gasteiger partial charge in [0.15, 0.2) is 0 Å². The highest BCUT2D eigenvalue weighted by molar-refractivity contribution is 4.83. The summed E-state index contributed by atoms with van der Waals surface area (Å²) >= 11 is 0. The zero-order chi connectivity index (χ0) is 10.8. The van der Waals surface area contributed by atoms with Gasteiger partial charge in [0.05, 0.1) is 5.60 Å². The molecule has 1 N–H and O–H groups in total. The van der Waals surface area contributed by atoms with Crippen LogP contribution in [0, 0.1) is 5.41 Å². The summed E-state index contributed by atoms with van der Waals surface area (Å²) in [6.07, 6.45) is 3.35. The lowest BCUT2D eigenvalue weighted by molar-refractivity contribution is -0.000365. The lowest BCUT2D eigenvalue weighted by Gasteiger charge is -2.39. The van der Waals surface area contributed by atoms with Gasteiger partial charge in [-0.05, 0) is 44.7 Å². The lowest BCUT2D eigenvalue weighted by Crippen LogP contribution is -2.45. The van der Waals surface area contributed by atoms with Gasteiger partial charge in [-0.25, -0.2) is 0 Å². The summed E-state index contributed by atoms with van der Waals surface area (Å²) in [5.74, 6) is 0. The second-order valence-corrected chi connectivity index (χ2v) is 5.79. The largest absolute Gasteiger partial charge is 0.389 e. The Balaban J connectivity index is 2.36. The molecule has 1 unspecified atom stereocenters. The molecule has 0 aromatic rings. The third-order valence-electron chi connectivity index (χ3n) is 3.54. The standard InChI is InChI=1S/C12H25NO/c1-5-12(4,14)10-13-8-6-11(2,3)7-9-13/h14H,5-10H2,1-4H3. The van der Waals surface area contributed by atoms with Crippen LogP contribution in [0.25, 0.3) is 0 Å². The summed E-state index contributed by atoms with van der Waals surface area (Å²) in [5, 5.41) is 9.96. The van der Waals surface area contributed by atoms with Crippen LogP contribution in [-0.2, 0) is 0 Å². The topological polar surface area (TPSA) is 23.5 Å². The van der Waals surface area contributed by atoms with E-state index in [9.17, 15) is 5.11 Å². The Morgan fingerprint density at radius 1 is 1.29 bits per heavy atom. The van der Waals surface area contributed by atoms with Crippen LogP contribution in [0.5, 0.6) is 0 Å². The second-order valence-electron chi connectivity index (χ2n) is 5.79. The zero-order valence-corrected chi connectivity index (χ0v) is 10.1. The molecule has 1 aliphatic heterocycles. The van der Waals surface area contributed by atoms with Crippen LogP contribution >= 0.6 is 0 Å². The molecule has 1 heterocycles. The van der Waals surface area contributed by atoms with Crippen molar-refractivity contribution in [1.29, 1.82) is 0 Å². The van der Waals surface area contributed by atoms with Crippen molar-refractivity contribution in [1.82, 2.24) is 4.90 Å². The minimum absolute atomic E-state index is 0.499. The molecule has 0 aromatic carbocycles. The quantitative estimate of drug-likeness (QED) is 0.753. The molecule has 0 saturated carbocycles. The van der Waals surface area contributed by atoms with Crippen LogP contribution in [0.4, 0.5) is 0 Å². The van der Waals surface area contributed by atoms with Crippen LogP contribution in [-0.4, -0.2) is 35.2 Å². The predicted molar refractivity (Wildman–Crippen MR) is 60.4 cm³/mol. The maximum Gasteiger partial charge on any atom is 0.0743 e. The number of piperidine rings is 1. The minimum atomic E-state index is -0.499. The number of hydrogen-bond donors (Lipinski definition) is 1. The van der Waals surface area contributed by atoms with Crippen LogP contribution in [0.2, 0.25) is 0 Å². The molecule has 2 nitrogen and oxygen atoms in total. The van der Waals surface area contributed by atoms with E-state index in [4.69, 9.17) is 0 Å². The summed E-state index contributed by atoms with van der Waals surface area (Å²) in [6.45, 7) is 11.8. The summed E-state index contributed by atoms with van der Waals surface area (Å²) < 4.78 is 0. The molecule has 0 spiro atoms. The molecule has 0 radical (unpaired) electrons. The summed E-state index contributed by atoms with van der Waals surface area (Å²) in [4.78, 5) is 2.40. The molecule has 1 atom stereocenters. The maximum absolute atomic E-state index is 9.96. The molecule has 1 rings (SSSR count). The van der Waals surface area contributed by atoms with Crippen LogP contribution in [0.3, 0.4) is 0 Å². The Labute approximate surface area is 88.3 Å². The molecule has 84 valence electrons. The molecule has 1 fully saturated rings. The Bertz CT molecular complexity index is 177. The second kappa shape index (κ2) is 4.19. The van der Waals surface area contributed by atoms with Crippen LogP contribution in [0.15, 0.2) is 0 Å². The van der Waals surface area contributed by atoms with Gasteiger partial charge in [0.1, 0.15) is 0 Å². The van der Waals surface area contributed by atoms with Crippen LogP contribution in [0.1, 0.15) is 47.0 Å². The summed E-state index contributed by atoms with van der Waals surface area (Å²) in [6, 6.07) is 0. The van der Waals surface area contributed by atoms with Gasteiger partial charge >= 0.3 is 0 Å². The molecular formula is C12H25NO. The van der Waals surface area contributed by atoms with Gasteiger partial charge < -0.3 is 10.0 Å². The van der Waals surface area contributed by atoms with Crippen molar-refractivity contribution in [2.75, 3.05) is 19.6 Å². The SMILES string of the molecule is CCC(C)(O)CN1CCC(C)(C)CC1. The van der Waals surface area contributed by atoms with Crippen molar-refractivity contribution >= 4 is 0 Å². The highest BCUT2D eigenvalue weighted by atomic mass is 16.3. The molecule has 1 saturated heterocycles. The van der Waals surface area contributed by atoms with E-state index < -0.39 is 5.60 Å². The Kier molecular flexibility index (Phi) is 3.59. The van der Waals surface area contributed by atoms with Gasteiger partial charge in [-0.2, -0.15) is 0 Å². The lowest BCUT2D eigenvalue weighted by atomic mass is 9.82. The number of β-amino-alcohol motifs (C(OH)–C–C–N with tert-alkyl or cyclic N) is 1. The molecular weight excluding hydrogens is 174 g/mol. The van der Waals surface area contributed by atoms with E-state index in [0.29, 0.717) is 5.41 Å². The van der Waals surface area contributed by atoms with Crippen molar-refractivity contribution in [3.05, 3.63) is 0 Å². The van der Waals surface area contributed by atoms with Crippen molar-refractivity contribution in [2.45, 2.75) is 52.6 Å². The zero-order valence-electron chi connectivity index (χ0n) is 10.1. The first-order chi connectivity index (χ1) is 6.35. The van der Waals surface area contributed by atoms with E-state index in [0.717, 1.165) is 26.1 Å². The van der Waals surface area contributed by atoms with E-state index in [1.54, 1.807) is 0 Å². The van der Waals surface area contributed by atoms with E-state index in [-0.39, 0.29) is 0 Å². The van der Waals surface area contributed by atoms with Gasteiger partial charge in [0, 0.05) is 6.54 Å². The number of aliphatic hydroxyl groups is 1. The Morgan fingerprint density at radius 3 is 2.21 bits per heavy atom. The summed E-state index contributed by atoms with van der Waals surface area (Å²) in [7, 11) is 0. The molecule has 0 amide bonds. The highest BCUT2D eigenvalue weighted by Crippen LogP contribution is 2.30. The molecule has 1 aliphatic rings. The smallest absolute Gasteiger partial charge is 0.0743 e. The molecule has 14 heavy (non-hydrogen) atoms. The van der Waals surface area contributed by atoms with Gasteiger partial charge in [-0.3, -0.25) is 0 Å².